The maximum Gasteiger partial charge on any atom is 0.346 e. The third kappa shape index (κ3) is 3.50. The van der Waals surface area contributed by atoms with Gasteiger partial charge in [0.25, 0.3) is 5.69 Å². The van der Waals surface area contributed by atoms with Gasteiger partial charge in [-0.1, -0.05) is 18.2 Å². The normalized spacial score (nSPS) is 11.1. The average Bonchev–Trinajstić information content (AvgIpc) is 2.37. The minimum absolute atomic E-state index is 0.111. The van der Waals surface area contributed by atoms with Gasteiger partial charge in [-0.15, -0.1) is 0 Å². The van der Waals surface area contributed by atoms with Gasteiger partial charge in [-0.2, -0.15) is 8.42 Å². The standard InChI is InChI=1S/C13H10INO5S/c1-9-4-2-7-12(15(16)17)13(9)21(18,19)20-11-6-3-5-10(14)8-11/h2-8H,1H3. The molecule has 0 saturated heterocycles. The van der Waals surface area contributed by atoms with E-state index in [1.807, 2.05) is 22.6 Å². The van der Waals surface area contributed by atoms with Gasteiger partial charge in [0.1, 0.15) is 5.75 Å². The molecule has 110 valence electrons. The zero-order valence-electron chi connectivity index (χ0n) is 10.8. The summed E-state index contributed by atoms with van der Waals surface area (Å²) in [5.74, 6) is 0.111. The van der Waals surface area contributed by atoms with Crippen molar-refractivity contribution in [2.45, 2.75) is 11.8 Å². The van der Waals surface area contributed by atoms with E-state index >= 15 is 0 Å². The van der Waals surface area contributed by atoms with Crippen LogP contribution in [0.3, 0.4) is 0 Å². The first kappa shape index (κ1) is 15.7. The van der Waals surface area contributed by atoms with Crippen LogP contribution in [0, 0.1) is 20.6 Å². The molecule has 0 spiro atoms. The van der Waals surface area contributed by atoms with Gasteiger partial charge < -0.3 is 4.18 Å². The lowest BCUT2D eigenvalue weighted by Gasteiger charge is -2.09. The van der Waals surface area contributed by atoms with Crippen LogP contribution in [0.1, 0.15) is 5.56 Å². The lowest BCUT2D eigenvalue weighted by atomic mass is 10.2. The van der Waals surface area contributed by atoms with Crippen LogP contribution in [0.15, 0.2) is 47.4 Å². The molecule has 8 heteroatoms. The lowest BCUT2D eigenvalue weighted by molar-refractivity contribution is -0.388. The van der Waals surface area contributed by atoms with E-state index < -0.39 is 25.6 Å². The molecular formula is C13H10INO5S. The number of rotatable bonds is 4. The highest BCUT2D eigenvalue weighted by Gasteiger charge is 2.29. The number of nitrogens with zero attached hydrogens (tertiary/aromatic N) is 1. The van der Waals surface area contributed by atoms with Crippen molar-refractivity contribution in [3.8, 4) is 5.75 Å². The minimum atomic E-state index is -4.28. The van der Waals surface area contributed by atoms with Crippen molar-refractivity contribution in [2.24, 2.45) is 0 Å². The van der Waals surface area contributed by atoms with Crippen molar-refractivity contribution < 1.29 is 17.5 Å². The van der Waals surface area contributed by atoms with Crippen LogP contribution in [0.2, 0.25) is 0 Å². The number of nitro groups is 1. The van der Waals surface area contributed by atoms with Crippen LogP contribution >= 0.6 is 22.6 Å². The minimum Gasteiger partial charge on any atom is -0.379 e. The summed E-state index contributed by atoms with van der Waals surface area (Å²) in [6.07, 6.45) is 0. The first-order valence-electron chi connectivity index (χ1n) is 5.75. The molecular weight excluding hydrogens is 409 g/mol. The predicted molar refractivity (Wildman–Crippen MR) is 84.8 cm³/mol. The summed E-state index contributed by atoms with van der Waals surface area (Å²) >= 11 is 2.01. The molecule has 0 unspecified atom stereocenters. The molecule has 2 aromatic carbocycles. The van der Waals surface area contributed by atoms with Gasteiger partial charge in [0.15, 0.2) is 4.90 Å². The molecule has 0 aliphatic carbocycles. The maximum absolute atomic E-state index is 12.3. The van der Waals surface area contributed by atoms with Crippen molar-refractivity contribution in [1.82, 2.24) is 0 Å². The van der Waals surface area contributed by atoms with E-state index in [1.54, 1.807) is 12.1 Å². The summed E-state index contributed by atoms with van der Waals surface area (Å²) < 4.78 is 30.5. The molecule has 0 aromatic heterocycles. The zero-order valence-corrected chi connectivity index (χ0v) is 13.8. The molecule has 0 aliphatic heterocycles. The van der Waals surface area contributed by atoms with E-state index in [4.69, 9.17) is 4.18 Å². The van der Waals surface area contributed by atoms with Crippen molar-refractivity contribution >= 4 is 38.4 Å². The Hall–Kier alpha value is -1.68. The molecule has 0 fully saturated rings. The van der Waals surface area contributed by atoms with Gasteiger partial charge in [0, 0.05) is 9.64 Å². The Labute approximate surface area is 135 Å². The molecule has 0 heterocycles. The van der Waals surface area contributed by atoms with Crippen molar-refractivity contribution in [2.75, 3.05) is 0 Å². The molecule has 0 amide bonds. The first-order valence-corrected chi connectivity index (χ1v) is 8.24. The van der Waals surface area contributed by atoms with Crippen LogP contribution in [0.4, 0.5) is 5.69 Å². The Bertz CT molecular complexity index is 804. The van der Waals surface area contributed by atoms with Gasteiger partial charge in [-0.05, 0) is 53.3 Å². The summed E-state index contributed by atoms with van der Waals surface area (Å²) in [7, 11) is -4.28. The monoisotopic (exact) mass is 419 g/mol. The lowest BCUT2D eigenvalue weighted by Crippen LogP contribution is -2.13. The molecule has 0 radical (unpaired) electrons. The second-order valence-corrected chi connectivity index (χ2v) is 6.90. The van der Waals surface area contributed by atoms with Crippen molar-refractivity contribution in [1.29, 1.82) is 0 Å². The van der Waals surface area contributed by atoms with E-state index in [1.165, 1.54) is 31.2 Å². The Kier molecular flexibility index (Phi) is 4.47. The summed E-state index contributed by atoms with van der Waals surface area (Å²) in [6, 6.07) is 10.5. The molecule has 2 aromatic rings. The largest absolute Gasteiger partial charge is 0.379 e. The van der Waals surface area contributed by atoms with E-state index in [-0.39, 0.29) is 11.3 Å². The fourth-order valence-electron chi connectivity index (χ4n) is 1.79. The number of aryl methyl sites for hydroxylation is 1. The quantitative estimate of drug-likeness (QED) is 0.329. The number of benzene rings is 2. The molecule has 6 nitrogen and oxygen atoms in total. The third-order valence-electron chi connectivity index (χ3n) is 2.64. The van der Waals surface area contributed by atoms with Gasteiger partial charge in [0.05, 0.1) is 4.92 Å². The molecule has 2 rings (SSSR count). The Morgan fingerprint density at radius 2 is 1.86 bits per heavy atom. The SMILES string of the molecule is Cc1cccc([N+](=O)[O-])c1S(=O)(=O)Oc1cccc(I)c1. The molecule has 21 heavy (non-hydrogen) atoms. The van der Waals surface area contributed by atoms with Gasteiger partial charge in [0.2, 0.25) is 0 Å². The van der Waals surface area contributed by atoms with E-state index in [9.17, 15) is 18.5 Å². The van der Waals surface area contributed by atoms with Gasteiger partial charge >= 0.3 is 10.1 Å². The summed E-state index contributed by atoms with van der Waals surface area (Å²) in [5, 5.41) is 11.0. The second-order valence-electron chi connectivity index (χ2n) is 4.18. The Morgan fingerprint density at radius 1 is 1.19 bits per heavy atom. The van der Waals surface area contributed by atoms with Gasteiger partial charge in [-0.3, -0.25) is 10.1 Å². The smallest absolute Gasteiger partial charge is 0.346 e. The Morgan fingerprint density at radius 3 is 2.48 bits per heavy atom. The summed E-state index contributed by atoms with van der Waals surface area (Å²) in [5.41, 5.74) is -0.240. The van der Waals surface area contributed by atoms with Crippen LogP contribution in [-0.2, 0) is 10.1 Å². The molecule has 0 aliphatic rings. The van der Waals surface area contributed by atoms with Gasteiger partial charge in [-0.25, -0.2) is 0 Å². The van der Waals surface area contributed by atoms with E-state index in [0.717, 1.165) is 9.64 Å². The first-order chi connectivity index (χ1) is 9.81. The average molecular weight is 419 g/mol. The molecule has 0 saturated carbocycles. The Balaban J connectivity index is 2.52. The highest BCUT2D eigenvalue weighted by atomic mass is 127. The molecule has 0 bridgehead atoms. The van der Waals surface area contributed by atoms with Crippen molar-refractivity contribution in [3.05, 3.63) is 61.7 Å². The number of halogens is 1. The van der Waals surface area contributed by atoms with Crippen molar-refractivity contribution in [3.63, 3.8) is 0 Å². The highest BCUT2D eigenvalue weighted by molar-refractivity contribution is 14.1. The van der Waals surface area contributed by atoms with Crippen LogP contribution in [0.25, 0.3) is 0 Å². The maximum atomic E-state index is 12.3. The topological polar surface area (TPSA) is 86.5 Å². The summed E-state index contributed by atoms with van der Waals surface area (Å²) in [6.45, 7) is 1.48. The fourth-order valence-corrected chi connectivity index (χ4v) is 3.61. The molecule has 0 N–H and O–H groups in total. The number of hydrogen-bond donors (Lipinski definition) is 0. The predicted octanol–water partition coefficient (Wildman–Crippen LogP) is 3.28. The second kappa shape index (κ2) is 5.98. The van der Waals surface area contributed by atoms with Crippen LogP contribution in [-0.4, -0.2) is 13.3 Å². The highest BCUT2D eigenvalue weighted by Crippen LogP contribution is 2.29. The van der Waals surface area contributed by atoms with Crippen LogP contribution < -0.4 is 4.18 Å². The third-order valence-corrected chi connectivity index (χ3v) is 4.75. The summed E-state index contributed by atoms with van der Waals surface area (Å²) in [4.78, 5) is 9.85. The molecule has 0 atom stereocenters. The fraction of sp³-hybridized carbons (Fsp3) is 0.0769. The van der Waals surface area contributed by atoms with Crippen LogP contribution in [0.5, 0.6) is 5.75 Å². The number of hydrogen-bond acceptors (Lipinski definition) is 5. The zero-order chi connectivity index (χ0) is 15.6. The van der Waals surface area contributed by atoms with E-state index in [0.29, 0.717) is 0 Å². The number of nitro benzene ring substituents is 1. The van der Waals surface area contributed by atoms with E-state index in [2.05, 4.69) is 0 Å².